The van der Waals surface area contributed by atoms with Gasteiger partial charge in [-0.1, -0.05) is 24.3 Å². The van der Waals surface area contributed by atoms with E-state index in [9.17, 15) is 9.59 Å². The Morgan fingerprint density at radius 3 is 2.58 bits per heavy atom. The zero-order chi connectivity index (χ0) is 14.3. The van der Waals surface area contributed by atoms with Gasteiger partial charge in [-0.25, -0.2) is 0 Å². The molecule has 4 nitrogen and oxygen atoms in total. The van der Waals surface area contributed by atoms with Crippen LogP contribution in [0.3, 0.4) is 0 Å². The fourth-order valence-electron chi connectivity index (χ4n) is 1.47. The Kier molecular flexibility index (Phi) is 5.54. The van der Waals surface area contributed by atoms with Crippen molar-refractivity contribution in [3.63, 3.8) is 0 Å². The number of hydrogen-bond donors (Lipinski definition) is 2. The minimum Gasteiger partial charge on any atom is -0.355 e. The van der Waals surface area contributed by atoms with Gasteiger partial charge in [-0.05, 0) is 31.5 Å². The molecule has 0 saturated carbocycles. The van der Waals surface area contributed by atoms with E-state index in [0.29, 0.717) is 11.3 Å². The summed E-state index contributed by atoms with van der Waals surface area (Å²) in [6, 6.07) is 5.19. The molecule has 1 aromatic rings. The lowest BCUT2D eigenvalue weighted by molar-refractivity contribution is -0.111. The Morgan fingerprint density at radius 2 is 1.95 bits per heavy atom. The van der Waals surface area contributed by atoms with Crippen molar-refractivity contribution >= 4 is 17.5 Å². The Labute approximate surface area is 113 Å². The van der Waals surface area contributed by atoms with E-state index < -0.39 is 0 Å². The molecule has 0 aliphatic rings. The van der Waals surface area contributed by atoms with Crippen molar-refractivity contribution in [1.82, 2.24) is 5.32 Å². The lowest BCUT2D eigenvalue weighted by atomic mass is 10.1. The van der Waals surface area contributed by atoms with Crippen LogP contribution in [0.2, 0.25) is 0 Å². The number of benzene rings is 1. The molecule has 100 valence electrons. The first-order chi connectivity index (χ1) is 9.08. The molecular formula is C15H18N2O2. The van der Waals surface area contributed by atoms with Gasteiger partial charge in [-0.2, -0.15) is 0 Å². The van der Waals surface area contributed by atoms with Gasteiger partial charge in [0.25, 0.3) is 5.91 Å². The van der Waals surface area contributed by atoms with Gasteiger partial charge in [-0.3, -0.25) is 9.59 Å². The molecule has 1 rings (SSSR count). The number of rotatable bonds is 4. The van der Waals surface area contributed by atoms with Crippen molar-refractivity contribution in [3.8, 4) is 0 Å². The zero-order valence-electron chi connectivity index (χ0n) is 11.4. The van der Waals surface area contributed by atoms with Crippen molar-refractivity contribution < 1.29 is 9.59 Å². The molecule has 0 heterocycles. The maximum atomic E-state index is 11.7. The minimum atomic E-state index is -0.227. The molecule has 0 unspecified atom stereocenters. The number of hydrogen-bond acceptors (Lipinski definition) is 2. The maximum absolute atomic E-state index is 11.7. The van der Waals surface area contributed by atoms with Crippen LogP contribution in [0.15, 0.2) is 42.5 Å². The summed E-state index contributed by atoms with van der Waals surface area (Å²) in [6.07, 6.45) is 6.70. The average molecular weight is 258 g/mol. The molecule has 2 N–H and O–H groups in total. The van der Waals surface area contributed by atoms with E-state index >= 15 is 0 Å². The Bertz CT molecular complexity index is 531. The van der Waals surface area contributed by atoms with E-state index in [0.717, 1.165) is 5.56 Å². The highest BCUT2D eigenvalue weighted by molar-refractivity contribution is 6.01. The first kappa shape index (κ1) is 14.7. The fourth-order valence-corrected chi connectivity index (χ4v) is 1.47. The summed E-state index contributed by atoms with van der Waals surface area (Å²) in [5.41, 5.74) is 2.05. The number of anilines is 1. The quantitative estimate of drug-likeness (QED) is 0.643. The third-order valence-corrected chi connectivity index (χ3v) is 2.54. The standard InChI is InChI=1S/C15H18N2O2/c1-4-5-6-7-14(18)17-13-10-12(15(19)16-3)9-8-11(13)2/h4-10H,1-3H3,(H,16,19)(H,17,18)/b5-4+,7-6+. The van der Waals surface area contributed by atoms with Crippen LogP contribution >= 0.6 is 0 Å². The Morgan fingerprint density at radius 1 is 1.21 bits per heavy atom. The number of aryl methyl sites for hydroxylation is 1. The van der Waals surface area contributed by atoms with Gasteiger partial charge in [0.2, 0.25) is 5.91 Å². The van der Waals surface area contributed by atoms with Crippen molar-refractivity contribution in [2.75, 3.05) is 12.4 Å². The van der Waals surface area contributed by atoms with Crippen molar-refractivity contribution in [1.29, 1.82) is 0 Å². The van der Waals surface area contributed by atoms with Gasteiger partial charge < -0.3 is 10.6 Å². The van der Waals surface area contributed by atoms with E-state index in [4.69, 9.17) is 0 Å². The maximum Gasteiger partial charge on any atom is 0.251 e. The second-order valence-electron chi connectivity index (χ2n) is 3.98. The number of carbonyl (C=O) groups is 2. The number of nitrogens with one attached hydrogen (secondary N) is 2. The van der Waals surface area contributed by atoms with Crippen LogP contribution in [0.25, 0.3) is 0 Å². The van der Waals surface area contributed by atoms with Gasteiger partial charge in [0.1, 0.15) is 0 Å². The summed E-state index contributed by atoms with van der Waals surface area (Å²) in [6.45, 7) is 3.75. The Balaban J connectivity index is 2.88. The summed E-state index contributed by atoms with van der Waals surface area (Å²) in [7, 11) is 1.57. The molecule has 1 aromatic carbocycles. The van der Waals surface area contributed by atoms with Crippen LogP contribution in [0.1, 0.15) is 22.8 Å². The molecule has 0 aromatic heterocycles. The predicted octanol–water partition coefficient (Wildman–Crippen LogP) is 2.43. The highest BCUT2D eigenvalue weighted by atomic mass is 16.2. The van der Waals surface area contributed by atoms with Gasteiger partial charge >= 0.3 is 0 Å². The summed E-state index contributed by atoms with van der Waals surface area (Å²) in [5, 5.41) is 5.30. The molecule has 4 heteroatoms. The monoisotopic (exact) mass is 258 g/mol. The lowest BCUT2D eigenvalue weighted by Crippen LogP contribution is -2.18. The Hall–Kier alpha value is -2.36. The molecule has 0 spiro atoms. The van der Waals surface area contributed by atoms with E-state index in [1.165, 1.54) is 6.08 Å². The third-order valence-electron chi connectivity index (χ3n) is 2.54. The van der Waals surface area contributed by atoms with Crippen LogP contribution in [0.5, 0.6) is 0 Å². The first-order valence-electron chi connectivity index (χ1n) is 6.01. The molecule has 2 amide bonds. The topological polar surface area (TPSA) is 58.2 Å². The first-order valence-corrected chi connectivity index (χ1v) is 6.01. The molecule has 0 atom stereocenters. The van der Waals surface area contributed by atoms with E-state index in [-0.39, 0.29) is 11.8 Å². The minimum absolute atomic E-state index is 0.181. The van der Waals surface area contributed by atoms with Crippen LogP contribution in [0.4, 0.5) is 5.69 Å². The molecule has 0 radical (unpaired) electrons. The molecule has 0 fully saturated rings. The summed E-state index contributed by atoms with van der Waals surface area (Å²) >= 11 is 0. The van der Waals surface area contributed by atoms with Crippen LogP contribution < -0.4 is 10.6 Å². The van der Waals surface area contributed by atoms with Crippen molar-refractivity contribution in [2.45, 2.75) is 13.8 Å². The van der Waals surface area contributed by atoms with Crippen LogP contribution in [0, 0.1) is 6.92 Å². The average Bonchev–Trinajstić information content (AvgIpc) is 2.40. The van der Waals surface area contributed by atoms with Gasteiger partial charge in [0.15, 0.2) is 0 Å². The highest BCUT2D eigenvalue weighted by Gasteiger charge is 2.07. The molecule has 0 bridgehead atoms. The third kappa shape index (κ3) is 4.43. The summed E-state index contributed by atoms with van der Waals surface area (Å²) < 4.78 is 0. The predicted molar refractivity (Wildman–Crippen MR) is 77.2 cm³/mol. The summed E-state index contributed by atoms with van der Waals surface area (Å²) in [5.74, 6) is -0.407. The van der Waals surface area contributed by atoms with E-state index in [1.54, 1.807) is 37.4 Å². The molecular weight excluding hydrogens is 240 g/mol. The smallest absolute Gasteiger partial charge is 0.251 e. The molecule has 0 aliphatic heterocycles. The molecule has 0 aliphatic carbocycles. The van der Waals surface area contributed by atoms with Gasteiger partial charge in [0.05, 0.1) is 0 Å². The SMILES string of the molecule is C/C=C/C=C/C(=O)Nc1cc(C(=O)NC)ccc1C. The van der Waals surface area contributed by atoms with Crippen molar-refractivity contribution in [3.05, 3.63) is 53.6 Å². The lowest BCUT2D eigenvalue weighted by Gasteiger charge is -2.08. The van der Waals surface area contributed by atoms with Gasteiger partial charge in [-0.15, -0.1) is 0 Å². The van der Waals surface area contributed by atoms with E-state index in [1.807, 2.05) is 19.9 Å². The zero-order valence-corrected chi connectivity index (χ0v) is 11.4. The fraction of sp³-hybridized carbons (Fsp3) is 0.200. The van der Waals surface area contributed by atoms with E-state index in [2.05, 4.69) is 10.6 Å². The van der Waals surface area contributed by atoms with Crippen LogP contribution in [-0.4, -0.2) is 18.9 Å². The normalized spacial score (nSPS) is 10.9. The van der Waals surface area contributed by atoms with Crippen molar-refractivity contribution in [2.24, 2.45) is 0 Å². The number of amides is 2. The largest absolute Gasteiger partial charge is 0.355 e. The van der Waals surface area contributed by atoms with Crippen LogP contribution in [-0.2, 0) is 4.79 Å². The second-order valence-corrected chi connectivity index (χ2v) is 3.98. The number of allylic oxidation sites excluding steroid dienone is 3. The highest BCUT2D eigenvalue weighted by Crippen LogP contribution is 2.17. The number of carbonyl (C=O) groups excluding carboxylic acids is 2. The van der Waals surface area contributed by atoms with Gasteiger partial charge in [0, 0.05) is 24.4 Å². The second kappa shape index (κ2) is 7.16. The molecule has 0 saturated heterocycles. The summed E-state index contributed by atoms with van der Waals surface area (Å²) in [4.78, 5) is 23.2. The molecule has 19 heavy (non-hydrogen) atoms.